The zero-order chi connectivity index (χ0) is 14.4. The molecule has 0 spiro atoms. The number of anilines is 2. The molecule has 0 amide bonds. The third-order valence-corrected chi connectivity index (χ3v) is 4.51. The zero-order valence-electron chi connectivity index (χ0n) is 11.3. The number of hydrogen-bond acceptors (Lipinski definition) is 4. The number of pyridine rings is 1. The van der Waals surface area contributed by atoms with E-state index in [-0.39, 0.29) is 0 Å². The molecule has 0 unspecified atom stereocenters. The van der Waals surface area contributed by atoms with Crippen molar-refractivity contribution < 1.29 is 0 Å². The smallest absolute Gasteiger partial charge is 0.246 e. The van der Waals surface area contributed by atoms with E-state index in [4.69, 9.17) is 5.73 Å². The number of nitrogen functional groups attached to an aromatic ring is 1. The van der Waals surface area contributed by atoms with Crippen LogP contribution >= 0.6 is 15.9 Å². The number of aromatic nitrogens is 3. The summed E-state index contributed by atoms with van der Waals surface area (Å²) in [6, 6.07) is 10.0. The molecule has 2 N–H and O–H groups in total. The van der Waals surface area contributed by atoms with Crippen molar-refractivity contribution >= 4 is 33.2 Å². The molecule has 0 bridgehead atoms. The molecule has 4 rings (SSSR count). The van der Waals surface area contributed by atoms with Gasteiger partial charge in [-0.3, -0.25) is 0 Å². The minimum Gasteiger partial charge on any atom is -0.398 e. The number of hydrogen-bond donors (Lipinski definition) is 1. The van der Waals surface area contributed by atoms with Crippen LogP contribution in [-0.4, -0.2) is 21.1 Å². The second kappa shape index (κ2) is 4.73. The van der Waals surface area contributed by atoms with Crippen molar-refractivity contribution in [3.8, 4) is 0 Å². The first-order chi connectivity index (χ1) is 10.2. The molecule has 21 heavy (non-hydrogen) atoms. The van der Waals surface area contributed by atoms with Crippen molar-refractivity contribution in [2.75, 3.05) is 17.2 Å². The van der Waals surface area contributed by atoms with Gasteiger partial charge in [-0.05, 0) is 51.7 Å². The summed E-state index contributed by atoms with van der Waals surface area (Å²) in [6.07, 6.45) is 2.84. The average molecular weight is 344 g/mol. The quantitative estimate of drug-likeness (QED) is 0.690. The van der Waals surface area contributed by atoms with E-state index in [9.17, 15) is 0 Å². The molecular formula is C15H14BrN5. The van der Waals surface area contributed by atoms with Gasteiger partial charge in [0.2, 0.25) is 5.95 Å². The fourth-order valence-corrected chi connectivity index (χ4v) is 3.23. The monoisotopic (exact) mass is 343 g/mol. The highest BCUT2D eigenvalue weighted by atomic mass is 79.9. The SMILES string of the molecule is Nc1cccc2c1CCN(c1nc3c(Br)cccn3n1)C2. The third-order valence-electron chi connectivity index (χ3n) is 3.89. The first-order valence-electron chi connectivity index (χ1n) is 6.84. The molecule has 1 aliphatic rings. The van der Waals surface area contributed by atoms with E-state index in [0.717, 1.165) is 41.3 Å². The van der Waals surface area contributed by atoms with E-state index >= 15 is 0 Å². The highest BCUT2D eigenvalue weighted by Gasteiger charge is 2.21. The number of fused-ring (bicyclic) bond motifs is 2. The van der Waals surface area contributed by atoms with Gasteiger partial charge < -0.3 is 10.6 Å². The van der Waals surface area contributed by atoms with Crippen molar-refractivity contribution in [3.05, 3.63) is 52.1 Å². The number of benzene rings is 1. The van der Waals surface area contributed by atoms with Crippen LogP contribution in [0.15, 0.2) is 41.0 Å². The van der Waals surface area contributed by atoms with Gasteiger partial charge >= 0.3 is 0 Å². The first kappa shape index (κ1) is 12.6. The standard InChI is InChI=1S/C15H14BrN5/c16-12-4-2-7-21-14(12)18-15(19-21)20-8-6-11-10(9-20)3-1-5-13(11)17/h1-5,7H,6,8-9,17H2. The van der Waals surface area contributed by atoms with Crippen molar-refractivity contribution in [1.82, 2.24) is 14.6 Å². The molecule has 0 fully saturated rings. The van der Waals surface area contributed by atoms with Crippen molar-refractivity contribution in [2.24, 2.45) is 0 Å². The number of rotatable bonds is 1. The van der Waals surface area contributed by atoms with E-state index in [1.807, 2.05) is 30.5 Å². The van der Waals surface area contributed by atoms with Crippen molar-refractivity contribution in [1.29, 1.82) is 0 Å². The molecule has 0 atom stereocenters. The fourth-order valence-electron chi connectivity index (χ4n) is 2.81. The third kappa shape index (κ3) is 2.06. The van der Waals surface area contributed by atoms with Gasteiger partial charge in [-0.2, -0.15) is 4.98 Å². The highest BCUT2D eigenvalue weighted by molar-refractivity contribution is 9.10. The van der Waals surface area contributed by atoms with Crippen LogP contribution in [-0.2, 0) is 13.0 Å². The Morgan fingerprint density at radius 1 is 1.19 bits per heavy atom. The van der Waals surface area contributed by atoms with Crippen molar-refractivity contribution in [3.63, 3.8) is 0 Å². The Kier molecular flexibility index (Phi) is 2.85. The summed E-state index contributed by atoms with van der Waals surface area (Å²) in [5.41, 5.74) is 10.3. The maximum atomic E-state index is 6.05. The average Bonchev–Trinajstić information content (AvgIpc) is 2.93. The maximum absolute atomic E-state index is 6.05. The van der Waals surface area contributed by atoms with Gasteiger partial charge in [0, 0.05) is 25.0 Å². The minimum absolute atomic E-state index is 0.759. The topological polar surface area (TPSA) is 59.5 Å². The molecule has 0 aliphatic carbocycles. The summed E-state index contributed by atoms with van der Waals surface area (Å²) in [5.74, 6) is 0.759. The molecule has 6 heteroatoms. The largest absolute Gasteiger partial charge is 0.398 e. The van der Waals surface area contributed by atoms with E-state index in [1.165, 1.54) is 11.1 Å². The minimum atomic E-state index is 0.759. The molecular weight excluding hydrogens is 330 g/mol. The Morgan fingerprint density at radius 2 is 2.10 bits per heavy atom. The highest BCUT2D eigenvalue weighted by Crippen LogP contribution is 2.27. The lowest BCUT2D eigenvalue weighted by atomic mass is 9.98. The molecule has 0 radical (unpaired) electrons. The number of nitrogens with zero attached hydrogens (tertiary/aromatic N) is 4. The Hall–Kier alpha value is -2.08. The van der Waals surface area contributed by atoms with Crippen LogP contribution in [0.2, 0.25) is 0 Å². The Morgan fingerprint density at radius 3 is 2.95 bits per heavy atom. The molecule has 0 saturated carbocycles. The zero-order valence-corrected chi connectivity index (χ0v) is 12.9. The fraction of sp³-hybridized carbons (Fsp3) is 0.200. The summed E-state index contributed by atoms with van der Waals surface area (Å²) < 4.78 is 2.75. The van der Waals surface area contributed by atoms with Gasteiger partial charge in [-0.1, -0.05) is 12.1 Å². The summed E-state index contributed by atoms with van der Waals surface area (Å²) >= 11 is 3.51. The molecule has 1 aromatic carbocycles. The van der Waals surface area contributed by atoms with Crippen molar-refractivity contribution in [2.45, 2.75) is 13.0 Å². The molecule has 0 saturated heterocycles. The first-order valence-corrected chi connectivity index (χ1v) is 7.64. The van der Waals surface area contributed by atoms with Gasteiger partial charge in [0.1, 0.15) is 0 Å². The van der Waals surface area contributed by atoms with Crippen LogP contribution in [0.1, 0.15) is 11.1 Å². The van der Waals surface area contributed by atoms with Crippen LogP contribution in [0.4, 0.5) is 11.6 Å². The molecule has 2 aromatic heterocycles. The lowest BCUT2D eigenvalue weighted by Gasteiger charge is -2.28. The van der Waals surface area contributed by atoms with Gasteiger partial charge in [-0.25, -0.2) is 4.52 Å². The van der Waals surface area contributed by atoms with E-state index in [2.05, 4.69) is 37.0 Å². The van der Waals surface area contributed by atoms with Crippen LogP contribution < -0.4 is 10.6 Å². The van der Waals surface area contributed by atoms with E-state index < -0.39 is 0 Å². The molecule has 3 heterocycles. The van der Waals surface area contributed by atoms with Crippen LogP contribution in [0.25, 0.3) is 5.65 Å². The summed E-state index contributed by atoms with van der Waals surface area (Å²) in [4.78, 5) is 6.83. The van der Waals surface area contributed by atoms with Gasteiger partial charge in [0.15, 0.2) is 5.65 Å². The molecule has 3 aromatic rings. The second-order valence-corrected chi connectivity index (χ2v) is 6.05. The number of halogens is 1. The molecule has 106 valence electrons. The predicted octanol–water partition coefficient (Wildman–Crippen LogP) is 2.64. The van der Waals surface area contributed by atoms with E-state index in [1.54, 1.807) is 4.52 Å². The molecule has 1 aliphatic heterocycles. The second-order valence-electron chi connectivity index (χ2n) is 5.19. The van der Waals surface area contributed by atoms with E-state index in [0.29, 0.717) is 0 Å². The van der Waals surface area contributed by atoms with Gasteiger partial charge in [0.25, 0.3) is 0 Å². The maximum Gasteiger partial charge on any atom is 0.246 e. The lowest BCUT2D eigenvalue weighted by molar-refractivity contribution is 0.708. The van der Waals surface area contributed by atoms with Gasteiger partial charge in [-0.15, -0.1) is 5.10 Å². The lowest BCUT2D eigenvalue weighted by Crippen LogP contribution is -2.31. The Balaban J connectivity index is 1.72. The number of nitrogens with two attached hydrogens (primary N) is 1. The molecule has 5 nitrogen and oxygen atoms in total. The Labute approximate surface area is 130 Å². The van der Waals surface area contributed by atoms with Gasteiger partial charge in [0.05, 0.1) is 4.47 Å². The van der Waals surface area contributed by atoms with Crippen LogP contribution in [0, 0.1) is 0 Å². The normalized spacial score (nSPS) is 14.4. The summed E-state index contributed by atoms with van der Waals surface area (Å²) in [7, 11) is 0. The van der Waals surface area contributed by atoms with Crippen LogP contribution in [0.3, 0.4) is 0 Å². The summed E-state index contributed by atoms with van der Waals surface area (Å²) in [5, 5.41) is 4.56. The summed E-state index contributed by atoms with van der Waals surface area (Å²) in [6.45, 7) is 1.69. The predicted molar refractivity (Wildman–Crippen MR) is 86.3 cm³/mol. The Bertz CT molecular complexity index is 826. The van der Waals surface area contributed by atoms with Crippen LogP contribution in [0.5, 0.6) is 0 Å².